The summed E-state index contributed by atoms with van der Waals surface area (Å²) in [5, 5.41) is 4.71. The third-order valence-corrected chi connectivity index (χ3v) is 8.17. The lowest BCUT2D eigenvalue weighted by Gasteiger charge is -2.12. The highest BCUT2D eigenvalue weighted by atomic mass is 79.9. The number of fused-ring (bicyclic) bond motifs is 7. The maximum Gasteiger partial charge on any atom is 0.145 e. The average molecular weight is 564 g/mol. The Morgan fingerprint density at radius 1 is 0.538 bits per heavy atom. The summed E-state index contributed by atoms with van der Waals surface area (Å²) in [7, 11) is 0. The van der Waals surface area contributed by atoms with E-state index < -0.39 is 0 Å². The van der Waals surface area contributed by atoms with Crippen LogP contribution in [-0.4, -0.2) is 4.57 Å². The van der Waals surface area contributed by atoms with Crippen LogP contribution in [0.15, 0.2) is 142 Å². The Morgan fingerprint density at radius 2 is 1.26 bits per heavy atom. The zero-order valence-electron chi connectivity index (χ0n) is 20.9. The Bertz CT molecular complexity index is 2170. The molecule has 0 amide bonds. The van der Waals surface area contributed by atoms with Crippen molar-refractivity contribution >= 4 is 59.7 Å². The molecule has 2 heterocycles. The molecule has 0 N–H and O–H groups in total. The second-order valence-corrected chi connectivity index (χ2v) is 10.8. The van der Waals surface area contributed by atoms with Gasteiger partial charge in [0.1, 0.15) is 11.2 Å². The van der Waals surface area contributed by atoms with Gasteiger partial charge in [0.15, 0.2) is 0 Å². The summed E-state index contributed by atoms with van der Waals surface area (Å²) in [5.74, 6) is 0. The van der Waals surface area contributed by atoms with Crippen LogP contribution in [0.5, 0.6) is 0 Å². The summed E-state index contributed by atoms with van der Waals surface area (Å²) in [5.41, 5.74) is 9.91. The van der Waals surface area contributed by atoms with E-state index in [-0.39, 0.29) is 0 Å². The standard InChI is InChI=1S/C36H22BrNO/c37-26-19-17-24(18-20-26)30-22-31-28-13-4-6-15-32(28)38(27-12-8-11-25(21-27)23-9-2-1-3-10-23)35(31)34-29-14-5-7-16-33(29)39-36(30)34/h1-22H. The van der Waals surface area contributed by atoms with Gasteiger partial charge >= 0.3 is 0 Å². The minimum absolute atomic E-state index is 0.896. The van der Waals surface area contributed by atoms with Gasteiger partial charge in [0.25, 0.3) is 0 Å². The smallest absolute Gasteiger partial charge is 0.145 e. The van der Waals surface area contributed by atoms with Gasteiger partial charge in [0, 0.05) is 31.9 Å². The molecule has 3 heteroatoms. The van der Waals surface area contributed by atoms with Crippen molar-refractivity contribution in [2.75, 3.05) is 0 Å². The Labute approximate surface area is 233 Å². The third kappa shape index (κ3) is 3.47. The van der Waals surface area contributed by atoms with Gasteiger partial charge in [-0.05, 0) is 59.2 Å². The molecule has 0 spiro atoms. The number of benzene rings is 6. The van der Waals surface area contributed by atoms with Crippen molar-refractivity contribution in [2.24, 2.45) is 0 Å². The number of para-hydroxylation sites is 2. The third-order valence-electron chi connectivity index (χ3n) is 7.65. The summed E-state index contributed by atoms with van der Waals surface area (Å²) < 4.78 is 10.1. The highest BCUT2D eigenvalue weighted by Crippen LogP contribution is 2.45. The largest absolute Gasteiger partial charge is 0.455 e. The van der Waals surface area contributed by atoms with E-state index in [0.717, 1.165) is 43.2 Å². The molecule has 8 aromatic rings. The van der Waals surface area contributed by atoms with Crippen LogP contribution >= 0.6 is 15.9 Å². The maximum absolute atomic E-state index is 6.63. The second kappa shape index (κ2) is 8.72. The lowest BCUT2D eigenvalue weighted by atomic mass is 9.98. The predicted octanol–water partition coefficient (Wildman–Crippen LogP) is 10.8. The van der Waals surface area contributed by atoms with E-state index in [4.69, 9.17) is 4.42 Å². The minimum atomic E-state index is 0.896. The first-order valence-corrected chi connectivity index (χ1v) is 13.8. The summed E-state index contributed by atoms with van der Waals surface area (Å²) in [4.78, 5) is 0. The fraction of sp³-hybridized carbons (Fsp3) is 0. The molecule has 184 valence electrons. The van der Waals surface area contributed by atoms with Gasteiger partial charge in [-0.25, -0.2) is 0 Å². The quantitative estimate of drug-likeness (QED) is 0.209. The van der Waals surface area contributed by atoms with Crippen molar-refractivity contribution in [3.63, 3.8) is 0 Å². The molecule has 6 aromatic carbocycles. The Hall–Kier alpha value is -4.60. The average Bonchev–Trinajstić information content (AvgIpc) is 3.54. The van der Waals surface area contributed by atoms with E-state index in [0.29, 0.717) is 0 Å². The van der Waals surface area contributed by atoms with Gasteiger partial charge in [-0.1, -0.05) is 107 Å². The first kappa shape index (κ1) is 22.4. The lowest BCUT2D eigenvalue weighted by Crippen LogP contribution is -1.95. The number of aromatic nitrogens is 1. The molecular weight excluding hydrogens is 542 g/mol. The van der Waals surface area contributed by atoms with Crippen LogP contribution in [0.25, 0.3) is 71.7 Å². The molecule has 0 saturated heterocycles. The van der Waals surface area contributed by atoms with Gasteiger partial charge in [-0.3, -0.25) is 0 Å². The van der Waals surface area contributed by atoms with E-state index >= 15 is 0 Å². The van der Waals surface area contributed by atoms with Crippen molar-refractivity contribution in [3.8, 4) is 27.9 Å². The molecule has 0 saturated carbocycles. The van der Waals surface area contributed by atoms with Crippen LogP contribution in [0.1, 0.15) is 0 Å². The summed E-state index contributed by atoms with van der Waals surface area (Å²) in [6.07, 6.45) is 0. The monoisotopic (exact) mass is 563 g/mol. The molecular formula is C36H22BrNO. The van der Waals surface area contributed by atoms with Crippen LogP contribution in [0.2, 0.25) is 0 Å². The Morgan fingerprint density at radius 3 is 2.10 bits per heavy atom. The second-order valence-electron chi connectivity index (χ2n) is 9.90. The van der Waals surface area contributed by atoms with E-state index in [1.807, 2.05) is 6.07 Å². The predicted molar refractivity (Wildman–Crippen MR) is 167 cm³/mol. The highest BCUT2D eigenvalue weighted by Gasteiger charge is 2.22. The van der Waals surface area contributed by atoms with Gasteiger partial charge in [-0.15, -0.1) is 0 Å². The van der Waals surface area contributed by atoms with Crippen LogP contribution in [-0.2, 0) is 0 Å². The Kier molecular flexibility index (Phi) is 5.01. The summed E-state index contributed by atoms with van der Waals surface area (Å²) >= 11 is 3.59. The van der Waals surface area contributed by atoms with Gasteiger partial charge in [0.2, 0.25) is 0 Å². The topological polar surface area (TPSA) is 18.1 Å². The fourth-order valence-corrected chi connectivity index (χ4v) is 6.17. The zero-order chi connectivity index (χ0) is 25.9. The molecule has 0 unspecified atom stereocenters. The van der Waals surface area contributed by atoms with Gasteiger partial charge in [-0.2, -0.15) is 0 Å². The summed E-state index contributed by atoms with van der Waals surface area (Å²) in [6, 6.07) is 47.3. The lowest BCUT2D eigenvalue weighted by molar-refractivity contribution is 0.670. The molecule has 2 nitrogen and oxygen atoms in total. The molecule has 0 aliphatic carbocycles. The van der Waals surface area contributed by atoms with Crippen molar-refractivity contribution in [3.05, 3.63) is 138 Å². The number of nitrogens with zero attached hydrogens (tertiary/aromatic N) is 1. The molecule has 8 rings (SSSR count). The van der Waals surface area contributed by atoms with Crippen molar-refractivity contribution < 1.29 is 4.42 Å². The SMILES string of the molecule is Brc1ccc(-c2cc3c4ccccc4n(-c4cccc(-c5ccccc5)c4)c3c3c2oc2ccccc23)cc1. The van der Waals surface area contributed by atoms with E-state index in [1.54, 1.807) is 0 Å². The molecule has 0 aliphatic rings. The van der Waals surface area contributed by atoms with Crippen molar-refractivity contribution in [1.82, 2.24) is 4.57 Å². The number of hydrogen-bond acceptors (Lipinski definition) is 1. The van der Waals surface area contributed by atoms with Crippen LogP contribution in [0, 0.1) is 0 Å². The van der Waals surface area contributed by atoms with Crippen LogP contribution in [0.3, 0.4) is 0 Å². The first-order valence-electron chi connectivity index (χ1n) is 13.1. The molecule has 2 aromatic heterocycles. The fourth-order valence-electron chi connectivity index (χ4n) is 5.90. The molecule has 0 aliphatic heterocycles. The number of rotatable bonds is 3. The first-order chi connectivity index (χ1) is 19.3. The normalized spacial score (nSPS) is 11.7. The highest BCUT2D eigenvalue weighted by molar-refractivity contribution is 9.10. The van der Waals surface area contributed by atoms with Crippen LogP contribution in [0.4, 0.5) is 0 Å². The molecule has 0 bridgehead atoms. The van der Waals surface area contributed by atoms with E-state index in [2.05, 4.69) is 148 Å². The number of furan rings is 1. The maximum atomic E-state index is 6.63. The number of halogens is 1. The van der Waals surface area contributed by atoms with Crippen molar-refractivity contribution in [1.29, 1.82) is 0 Å². The van der Waals surface area contributed by atoms with Crippen molar-refractivity contribution in [2.45, 2.75) is 0 Å². The van der Waals surface area contributed by atoms with E-state index in [9.17, 15) is 0 Å². The van der Waals surface area contributed by atoms with Crippen LogP contribution < -0.4 is 0 Å². The molecule has 0 fully saturated rings. The zero-order valence-corrected chi connectivity index (χ0v) is 22.5. The van der Waals surface area contributed by atoms with Gasteiger partial charge < -0.3 is 8.98 Å². The minimum Gasteiger partial charge on any atom is -0.455 e. The number of hydrogen-bond donors (Lipinski definition) is 0. The van der Waals surface area contributed by atoms with Gasteiger partial charge in [0.05, 0.1) is 16.4 Å². The summed E-state index contributed by atoms with van der Waals surface area (Å²) in [6.45, 7) is 0. The van der Waals surface area contributed by atoms with E-state index in [1.165, 1.54) is 32.9 Å². The molecule has 0 radical (unpaired) electrons. The Balaban J connectivity index is 1.55. The molecule has 0 atom stereocenters. The molecule has 39 heavy (non-hydrogen) atoms.